The van der Waals surface area contributed by atoms with Crippen molar-refractivity contribution >= 4 is 42.4 Å². The van der Waals surface area contributed by atoms with Crippen molar-refractivity contribution < 1.29 is 8.42 Å². The summed E-state index contributed by atoms with van der Waals surface area (Å²) in [4.78, 5) is 4.51. The molecule has 0 spiro atoms. The van der Waals surface area contributed by atoms with Crippen LogP contribution in [0.5, 0.6) is 0 Å². The van der Waals surface area contributed by atoms with Crippen LogP contribution < -0.4 is 10.0 Å². The van der Waals surface area contributed by atoms with E-state index < -0.39 is 10.0 Å². The number of thiazole rings is 1. The molecule has 0 atom stereocenters. The number of sulfonamides is 1. The van der Waals surface area contributed by atoms with Gasteiger partial charge in [0.25, 0.3) is 0 Å². The number of hydrogen-bond acceptors (Lipinski definition) is 5. The minimum absolute atomic E-state index is 0.561. The van der Waals surface area contributed by atoms with E-state index in [4.69, 9.17) is 0 Å². The number of aromatic nitrogens is 1. The Labute approximate surface area is 133 Å². The van der Waals surface area contributed by atoms with E-state index >= 15 is 0 Å². The van der Waals surface area contributed by atoms with Crippen molar-refractivity contribution in [3.05, 3.63) is 54.1 Å². The van der Waals surface area contributed by atoms with Crippen LogP contribution in [-0.4, -0.2) is 19.7 Å². The molecule has 3 rings (SSSR count). The molecule has 7 heteroatoms. The van der Waals surface area contributed by atoms with Crippen molar-refractivity contribution in [2.24, 2.45) is 0 Å². The number of benzene rings is 2. The highest BCUT2D eigenvalue weighted by atomic mass is 32.2. The van der Waals surface area contributed by atoms with E-state index in [1.807, 2.05) is 36.4 Å². The van der Waals surface area contributed by atoms with Crippen LogP contribution in [0.2, 0.25) is 0 Å². The molecule has 0 unspecified atom stereocenters. The normalized spacial score (nSPS) is 11.5. The van der Waals surface area contributed by atoms with Crippen molar-refractivity contribution in [1.29, 1.82) is 0 Å². The smallest absolute Gasteiger partial charge is 0.229 e. The minimum atomic E-state index is -3.23. The average Bonchev–Trinajstić information content (AvgIpc) is 2.88. The topological polar surface area (TPSA) is 71.1 Å². The van der Waals surface area contributed by atoms with E-state index in [9.17, 15) is 8.42 Å². The molecule has 0 fully saturated rings. The molecule has 2 aromatic carbocycles. The van der Waals surface area contributed by atoms with Crippen molar-refractivity contribution in [3.63, 3.8) is 0 Å². The highest BCUT2D eigenvalue weighted by Gasteiger charge is 2.04. The van der Waals surface area contributed by atoms with Gasteiger partial charge in [-0.15, -0.1) is 0 Å². The molecule has 114 valence electrons. The number of hydrogen-bond donors (Lipinski definition) is 2. The molecule has 22 heavy (non-hydrogen) atoms. The quantitative estimate of drug-likeness (QED) is 0.752. The van der Waals surface area contributed by atoms with Crippen molar-refractivity contribution in [2.45, 2.75) is 6.54 Å². The van der Waals surface area contributed by atoms with Gasteiger partial charge in [-0.2, -0.15) is 0 Å². The van der Waals surface area contributed by atoms with Crippen molar-refractivity contribution in [2.75, 3.05) is 16.3 Å². The summed E-state index contributed by atoms with van der Waals surface area (Å²) >= 11 is 1.61. The van der Waals surface area contributed by atoms with Gasteiger partial charge in [-0.3, -0.25) is 4.72 Å². The zero-order valence-corrected chi connectivity index (χ0v) is 13.5. The van der Waals surface area contributed by atoms with E-state index in [0.29, 0.717) is 12.2 Å². The lowest BCUT2D eigenvalue weighted by atomic mass is 10.2. The number of anilines is 2. The number of rotatable bonds is 5. The number of para-hydroxylation sites is 1. The summed E-state index contributed by atoms with van der Waals surface area (Å²) in [5, 5.41) is 4.16. The zero-order chi connectivity index (χ0) is 15.6. The molecule has 0 radical (unpaired) electrons. The summed E-state index contributed by atoms with van der Waals surface area (Å²) in [6.45, 7) is 0.638. The Morgan fingerprint density at radius 1 is 1.09 bits per heavy atom. The first-order valence-corrected chi connectivity index (χ1v) is 9.36. The van der Waals surface area contributed by atoms with E-state index in [1.54, 1.807) is 23.5 Å². The zero-order valence-electron chi connectivity index (χ0n) is 11.9. The summed E-state index contributed by atoms with van der Waals surface area (Å²) < 4.78 is 25.9. The predicted octanol–water partition coefficient (Wildman–Crippen LogP) is 3.28. The van der Waals surface area contributed by atoms with Crippen LogP contribution in [0.15, 0.2) is 48.5 Å². The third kappa shape index (κ3) is 3.75. The van der Waals surface area contributed by atoms with Gasteiger partial charge in [-0.1, -0.05) is 35.6 Å². The molecule has 0 saturated heterocycles. The molecule has 0 aliphatic rings. The Morgan fingerprint density at radius 2 is 1.82 bits per heavy atom. The van der Waals surface area contributed by atoms with E-state index in [1.165, 1.54) is 0 Å². The average molecular weight is 333 g/mol. The fourth-order valence-electron chi connectivity index (χ4n) is 2.03. The van der Waals surface area contributed by atoms with E-state index in [2.05, 4.69) is 15.0 Å². The first-order valence-electron chi connectivity index (χ1n) is 6.66. The Bertz CT molecular complexity index is 854. The van der Waals surface area contributed by atoms with E-state index in [-0.39, 0.29) is 0 Å². The Balaban J connectivity index is 1.66. The molecule has 1 heterocycles. The lowest BCUT2D eigenvalue weighted by Gasteiger charge is -2.06. The predicted molar refractivity (Wildman–Crippen MR) is 91.9 cm³/mol. The number of nitrogens with one attached hydrogen (secondary N) is 2. The molecule has 1 aromatic heterocycles. The first kappa shape index (κ1) is 14.8. The maximum absolute atomic E-state index is 11.2. The second kappa shape index (κ2) is 5.94. The van der Waals surface area contributed by atoms with Crippen LogP contribution in [-0.2, 0) is 16.6 Å². The third-order valence-electron chi connectivity index (χ3n) is 2.99. The number of nitrogens with zero attached hydrogens (tertiary/aromatic N) is 1. The molecule has 0 saturated carbocycles. The molecule has 0 aliphatic heterocycles. The van der Waals surface area contributed by atoms with Crippen molar-refractivity contribution in [1.82, 2.24) is 4.98 Å². The highest BCUT2D eigenvalue weighted by Crippen LogP contribution is 2.25. The van der Waals surface area contributed by atoms with Gasteiger partial charge in [0, 0.05) is 12.2 Å². The monoisotopic (exact) mass is 333 g/mol. The van der Waals surface area contributed by atoms with Crippen LogP contribution in [0.3, 0.4) is 0 Å². The third-order valence-corrected chi connectivity index (χ3v) is 4.60. The second-order valence-electron chi connectivity index (χ2n) is 4.91. The standard InChI is InChI=1S/C15H15N3O2S2/c1-22(19,20)18-12-8-6-11(7-9-12)10-16-15-17-13-4-2-3-5-14(13)21-15/h2-9,18H,10H2,1H3,(H,16,17). The Kier molecular flexibility index (Phi) is 4.00. The van der Waals surface area contributed by atoms with Crippen LogP contribution >= 0.6 is 11.3 Å². The molecule has 2 N–H and O–H groups in total. The molecular weight excluding hydrogens is 318 g/mol. The van der Waals surface area contributed by atoms with Crippen LogP contribution in [0.4, 0.5) is 10.8 Å². The fraction of sp³-hybridized carbons (Fsp3) is 0.133. The summed E-state index contributed by atoms with van der Waals surface area (Å²) in [5.74, 6) is 0. The van der Waals surface area contributed by atoms with Gasteiger partial charge < -0.3 is 5.32 Å². The van der Waals surface area contributed by atoms with Gasteiger partial charge in [-0.25, -0.2) is 13.4 Å². The maximum atomic E-state index is 11.2. The SMILES string of the molecule is CS(=O)(=O)Nc1ccc(CNc2nc3ccccc3s2)cc1. The van der Waals surface area contributed by atoms with Crippen LogP contribution in [0.25, 0.3) is 10.2 Å². The largest absolute Gasteiger partial charge is 0.357 e. The van der Waals surface area contributed by atoms with Gasteiger partial charge in [0.2, 0.25) is 10.0 Å². The summed E-state index contributed by atoms with van der Waals surface area (Å²) in [6, 6.07) is 15.3. The molecular formula is C15H15N3O2S2. The Hall–Kier alpha value is -2.12. The van der Waals surface area contributed by atoms with Gasteiger partial charge in [0.1, 0.15) is 0 Å². The summed E-state index contributed by atoms with van der Waals surface area (Å²) in [7, 11) is -3.23. The second-order valence-corrected chi connectivity index (χ2v) is 7.69. The lowest BCUT2D eigenvalue weighted by Crippen LogP contribution is -2.09. The summed E-state index contributed by atoms with van der Waals surface area (Å²) in [6.07, 6.45) is 1.13. The van der Waals surface area contributed by atoms with Crippen LogP contribution in [0.1, 0.15) is 5.56 Å². The van der Waals surface area contributed by atoms with Gasteiger partial charge in [0.15, 0.2) is 5.13 Å². The number of fused-ring (bicyclic) bond motifs is 1. The molecule has 3 aromatic rings. The van der Waals surface area contributed by atoms with Gasteiger partial charge >= 0.3 is 0 Å². The maximum Gasteiger partial charge on any atom is 0.229 e. The van der Waals surface area contributed by atoms with Crippen LogP contribution in [0, 0.1) is 0 Å². The van der Waals surface area contributed by atoms with E-state index in [0.717, 1.165) is 27.2 Å². The fourth-order valence-corrected chi connectivity index (χ4v) is 3.46. The lowest BCUT2D eigenvalue weighted by molar-refractivity contribution is 0.607. The van der Waals surface area contributed by atoms with Gasteiger partial charge in [-0.05, 0) is 29.8 Å². The molecule has 0 bridgehead atoms. The molecule has 5 nitrogen and oxygen atoms in total. The van der Waals surface area contributed by atoms with Crippen molar-refractivity contribution in [3.8, 4) is 0 Å². The first-order chi connectivity index (χ1) is 10.5. The molecule has 0 amide bonds. The van der Waals surface area contributed by atoms with Gasteiger partial charge in [0.05, 0.1) is 16.5 Å². The summed E-state index contributed by atoms with van der Waals surface area (Å²) in [5.41, 5.74) is 2.60. The minimum Gasteiger partial charge on any atom is -0.357 e. The highest BCUT2D eigenvalue weighted by molar-refractivity contribution is 7.92. The Morgan fingerprint density at radius 3 is 2.50 bits per heavy atom. The molecule has 0 aliphatic carbocycles.